The van der Waals surface area contributed by atoms with Crippen LogP contribution >= 0.6 is 11.9 Å². The highest BCUT2D eigenvalue weighted by molar-refractivity contribution is 8.03. The summed E-state index contributed by atoms with van der Waals surface area (Å²) in [6.45, 7) is 0.427. The van der Waals surface area contributed by atoms with E-state index in [9.17, 15) is 4.79 Å². The zero-order valence-corrected chi connectivity index (χ0v) is 12.8. The lowest BCUT2D eigenvalue weighted by molar-refractivity contribution is 0.0951. The number of fused-ring (bicyclic) bond motifs is 1. The van der Waals surface area contributed by atoms with Crippen LogP contribution in [0.2, 0.25) is 0 Å². The van der Waals surface area contributed by atoms with Gasteiger partial charge >= 0.3 is 0 Å². The van der Waals surface area contributed by atoms with Crippen molar-refractivity contribution in [2.45, 2.75) is 6.54 Å². The molecule has 0 fully saturated rings. The first-order valence-electron chi connectivity index (χ1n) is 6.75. The van der Waals surface area contributed by atoms with Gasteiger partial charge in [-0.25, -0.2) is 4.98 Å². The summed E-state index contributed by atoms with van der Waals surface area (Å²) >= 11 is 1.51. The molecule has 0 aliphatic carbocycles. The first kappa shape index (κ1) is 14.5. The van der Waals surface area contributed by atoms with E-state index in [2.05, 4.69) is 15.0 Å². The molecule has 0 radical (unpaired) electrons. The third kappa shape index (κ3) is 3.23. The van der Waals surface area contributed by atoms with Crippen LogP contribution in [0.1, 0.15) is 21.5 Å². The number of carbonyl (C=O) groups is 1. The number of ether oxygens (including phenoxy) is 1. The van der Waals surface area contributed by atoms with Gasteiger partial charge in [0.1, 0.15) is 0 Å². The number of methoxy groups -OCH3 is 1. The minimum atomic E-state index is -0.106. The third-order valence-electron chi connectivity index (χ3n) is 3.26. The van der Waals surface area contributed by atoms with Crippen LogP contribution in [0.4, 0.5) is 5.69 Å². The highest BCUT2D eigenvalue weighted by Gasteiger charge is 2.10. The summed E-state index contributed by atoms with van der Waals surface area (Å²) in [4.78, 5) is 16.3. The number of nitrogens with zero attached hydrogens (tertiary/aromatic N) is 1. The van der Waals surface area contributed by atoms with Gasteiger partial charge in [0.15, 0.2) is 0 Å². The summed E-state index contributed by atoms with van der Waals surface area (Å²) < 4.78 is 8.18. The van der Waals surface area contributed by atoms with Crippen molar-refractivity contribution in [2.24, 2.45) is 0 Å². The lowest BCUT2D eigenvalue weighted by Gasteiger charge is -2.13. The molecule has 1 aromatic carbocycles. The topological polar surface area (TPSA) is 63.2 Å². The number of hydrogen-bond acceptors (Lipinski definition) is 5. The SMILES string of the molecule is COc1ccc(CNC(=O)c2ccc3c(c2)C=CSN3)cn1. The fourth-order valence-corrected chi connectivity index (χ4v) is 2.66. The van der Waals surface area contributed by atoms with E-state index in [0.717, 1.165) is 16.8 Å². The van der Waals surface area contributed by atoms with E-state index in [1.165, 1.54) is 11.9 Å². The first-order valence-corrected chi connectivity index (χ1v) is 7.63. The van der Waals surface area contributed by atoms with Crippen molar-refractivity contribution in [1.82, 2.24) is 10.3 Å². The number of nitrogens with one attached hydrogen (secondary N) is 2. The number of rotatable bonds is 4. The number of pyridine rings is 1. The van der Waals surface area contributed by atoms with E-state index < -0.39 is 0 Å². The fraction of sp³-hybridized carbons (Fsp3) is 0.125. The normalized spacial score (nSPS) is 12.2. The molecule has 6 heteroatoms. The molecule has 0 bridgehead atoms. The number of benzene rings is 1. The Balaban J connectivity index is 1.65. The zero-order valence-electron chi connectivity index (χ0n) is 12.0. The van der Waals surface area contributed by atoms with Crippen LogP contribution in [0.25, 0.3) is 6.08 Å². The van der Waals surface area contributed by atoms with Crippen molar-refractivity contribution in [3.8, 4) is 5.88 Å². The molecule has 0 spiro atoms. The van der Waals surface area contributed by atoms with Gasteiger partial charge < -0.3 is 14.8 Å². The molecule has 1 aromatic heterocycles. The average Bonchev–Trinajstić information content (AvgIpc) is 2.59. The van der Waals surface area contributed by atoms with Crippen molar-refractivity contribution in [3.63, 3.8) is 0 Å². The van der Waals surface area contributed by atoms with E-state index in [0.29, 0.717) is 18.0 Å². The molecule has 0 unspecified atom stereocenters. The molecule has 112 valence electrons. The summed E-state index contributed by atoms with van der Waals surface area (Å²) in [5.41, 5.74) is 3.59. The number of anilines is 1. The van der Waals surface area contributed by atoms with Gasteiger partial charge in [-0.3, -0.25) is 4.79 Å². The van der Waals surface area contributed by atoms with Crippen LogP contribution in [0.5, 0.6) is 5.88 Å². The van der Waals surface area contributed by atoms with Gasteiger partial charge in [-0.15, -0.1) is 0 Å². The number of carbonyl (C=O) groups excluding carboxylic acids is 1. The molecule has 2 heterocycles. The summed E-state index contributed by atoms with van der Waals surface area (Å²) in [5.74, 6) is 0.451. The molecule has 22 heavy (non-hydrogen) atoms. The largest absolute Gasteiger partial charge is 0.481 e. The Morgan fingerprint density at radius 3 is 3.05 bits per heavy atom. The monoisotopic (exact) mass is 313 g/mol. The fourth-order valence-electron chi connectivity index (χ4n) is 2.06. The number of aromatic nitrogens is 1. The molecule has 0 saturated heterocycles. The minimum absolute atomic E-state index is 0.106. The van der Waals surface area contributed by atoms with Crippen molar-refractivity contribution in [1.29, 1.82) is 0 Å². The highest BCUT2D eigenvalue weighted by atomic mass is 32.2. The van der Waals surface area contributed by atoms with Gasteiger partial charge in [-0.2, -0.15) is 0 Å². The first-order chi connectivity index (χ1) is 10.8. The van der Waals surface area contributed by atoms with Crippen LogP contribution in [0, 0.1) is 0 Å². The molecule has 0 saturated carbocycles. The third-order valence-corrected chi connectivity index (χ3v) is 3.87. The Hall–Kier alpha value is -2.47. The van der Waals surface area contributed by atoms with Gasteiger partial charge in [0.25, 0.3) is 5.91 Å². The minimum Gasteiger partial charge on any atom is -0.481 e. The number of hydrogen-bond donors (Lipinski definition) is 2. The van der Waals surface area contributed by atoms with E-state index in [-0.39, 0.29) is 5.91 Å². The van der Waals surface area contributed by atoms with Gasteiger partial charge in [0.05, 0.1) is 12.8 Å². The molecule has 1 aliphatic rings. The second-order valence-electron chi connectivity index (χ2n) is 4.72. The molecule has 2 aromatic rings. The maximum absolute atomic E-state index is 12.2. The molecule has 2 N–H and O–H groups in total. The molecular formula is C16H15N3O2S. The Kier molecular flexibility index (Phi) is 4.29. The van der Waals surface area contributed by atoms with Crippen LogP contribution in [-0.2, 0) is 6.54 Å². The van der Waals surface area contributed by atoms with Gasteiger partial charge in [0.2, 0.25) is 5.88 Å². The summed E-state index contributed by atoms with van der Waals surface area (Å²) in [6.07, 6.45) is 3.68. The molecular weight excluding hydrogens is 298 g/mol. The molecule has 0 atom stereocenters. The lowest BCUT2D eigenvalue weighted by Crippen LogP contribution is -2.23. The quantitative estimate of drug-likeness (QED) is 0.849. The van der Waals surface area contributed by atoms with E-state index in [1.54, 1.807) is 19.4 Å². The average molecular weight is 313 g/mol. The summed E-state index contributed by atoms with van der Waals surface area (Å²) in [7, 11) is 1.57. The van der Waals surface area contributed by atoms with Gasteiger partial charge in [-0.05, 0) is 52.8 Å². The van der Waals surface area contributed by atoms with E-state index in [1.807, 2.05) is 35.7 Å². The molecule has 1 amide bonds. The predicted molar refractivity (Wildman–Crippen MR) is 88.6 cm³/mol. The van der Waals surface area contributed by atoms with Crippen LogP contribution in [-0.4, -0.2) is 18.0 Å². The van der Waals surface area contributed by atoms with Crippen molar-refractivity contribution in [3.05, 3.63) is 58.6 Å². The second kappa shape index (κ2) is 6.53. The van der Waals surface area contributed by atoms with Crippen molar-refractivity contribution in [2.75, 3.05) is 11.8 Å². The molecule has 3 rings (SSSR count). The van der Waals surface area contributed by atoms with E-state index in [4.69, 9.17) is 4.74 Å². The standard InChI is InChI=1S/C16H15N3O2S/c1-21-15-5-2-11(9-17-15)10-18-16(20)13-3-4-14-12(8-13)6-7-22-19-14/h2-9,19H,10H2,1H3,(H,18,20). The Labute approximate surface area is 132 Å². The van der Waals surface area contributed by atoms with Crippen molar-refractivity contribution >= 4 is 29.6 Å². The smallest absolute Gasteiger partial charge is 0.251 e. The predicted octanol–water partition coefficient (Wildman–Crippen LogP) is 3.06. The number of amides is 1. The van der Waals surface area contributed by atoms with Gasteiger partial charge in [0, 0.05) is 24.4 Å². The Bertz CT molecular complexity index is 714. The van der Waals surface area contributed by atoms with Crippen LogP contribution in [0.15, 0.2) is 41.9 Å². The van der Waals surface area contributed by atoms with Crippen LogP contribution in [0.3, 0.4) is 0 Å². The van der Waals surface area contributed by atoms with Crippen LogP contribution < -0.4 is 14.8 Å². The van der Waals surface area contributed by atoms with Gasteiger partial charge in [-0.1, -0.05) is 6.07 Å². The second-order valence-corrected chi connectivity index (χ2v) is 5.43. The Morgan fingerprint density at radius 1 is 1.36 bits per heavy atom. The lowest BCUT2D eigenvalue weighted by atomic mass is 10.1. The molecule has 5 nitrogen and oxygen atoms in total. The highest BCUT2D eigenvalue weighted by Crippen LogP contribution is 2.27. The van der Waals surface area contributed by atoms with Crippen molar-refractivity contribution < 1.29 is 9.53 Å². The maximum Gasteiger partial charge on any atom is 0.251 e. The van der Waals surface area contributed by atoms with E-state index >= 15 is 0 Å². The Morgan fingerprint density at radius 2 is 2.27 bits per heavy atom. The maximum atomic E-state index is 12.2. The summed E-state index contributed by atoms with van der Waals surface area (Å²) in [6, 6.07) is 9.25. The zero-order chi connectivity index (χ0) is 15.4. The summed E-state index contributed by atoms with van der Waals surface area (Å²) in [5, 5.41) is 4.84. The molecule has 1 aliphatic heterocycles.